The zero-order chi connectivity index (χ0) is 13.8. The number of rotatable bonds is 5. The van der Waals surface area contributed by atoms with Crippen molar-refractivity contribution in [3.63, 3.8) is 0 Å². The zero-order valence-electron chi connectivity index (χ0n) is 10.4. The highest BCUT2D eigenvalue weighted by Gasteiger charge is 2.36. The second-order valence-electron chi connectivity index (χ2n) is 3.96. The van der Waals surface area contributed by atoms with E-state index in [9.17, 15) is 14.4 Å². The molecule has 0 radical (unpaired) electrons. The molecule has 6 heteroatoms. The number of benzene rings is 1. The van der Waals surface area contributed by atoms with Gasteiger partial charge in [-0.2, -0.15) is 0 Å². The lowest BCUT2D eigenvalue weighted by Crippen LogP contribution is -2.30. The summed E-state index contributed by atoms with van der Waals surface area (Å²) in [5.41, 5.74) is 0.668. The number of methoxy groups -OCH3 is 1. The van der Waals surface area contributed by atoms with Gasteiger partial charge in [-0.3, -0.25) is 19.2 Å². The number of imide groups is 1. The standard InChI is InChI=1S/C13H13NO5/c1-18-11(15)7-4-8-19-14-12(16)9-5-2-3-6-10(9)13(14)17/h2-3,5-6H,4,7-8H2,1H3. The molecule has 19 heavy (non-hydrogen) atoms. The van der Waals surface area contributed by atoms with Gasteiger partial charge in [0.25, 0.3) is 11.8 Å². The van der Waals surface area contributed by atoms with Crippen LogP contribution in [0.2, 0.25) is 0 Å². The first-order valence-corrected chi connectivity index (χ1v) is 5.82. The molecule has 0 atom stereocenters. The number of hydroxylamine groups is 2. The van der Waals surface area contributed by atoms with Gasteiger partial charge >= 0.3 is 5.97 Å². The molecule has 0 unspecified atom stereocenters. The Labute approximate surface area is 109 Å². The number of hydrogen-bond acceptors (Lipinski definition) is 5. The maximum absolute atomic E-state index is 11.9. The Morgan fingerprint density at radius 1 is 1.16 bits per heavy atom. The van der Waals surface area contributed by atoms with Crippen molar-refractivity contribution in [2.24, 2.45) is 0 Å². The van der Waals surface area contributed by atoms with E-state index in [-0.39, 0.29) is 19.0 Å². The van der Waals surface area contributed by atoms with Gasteiger partial charge in [0.15, 0.2) is 0 Å². The van der Waals surface area contributed by atoms with Crippen molar-refractivity contribution in [2.75, 3.05) is 13.7 Å². The van der Waals surface area contributed by atoms with Crippen LogP contribution in [-0.4, -0.2) is 36.6 Å². The molecular weight excluding hydrogens is 250 g/mol. The Morgan fingerprint density at radius 3 is 2.26 bits per heavy atom. The van der Waals surface area contributed by atoms with Crippen LogP contribution < -0.4 is 0 Å². The van der Waals surface area contributed by atoms with Crippen molar-refractivity contribution in [1.82, 2.24) is 5.06 Å². The van der Waals surface area contributed by atoms with E-state index in [1.807, 2.05) is 0 Å². The van der Waals surface area contributed by atoms with Crippen molar-refractivity contribution >= 4 is 17.8 Å². The Hall–Kier alpha value is -2.21. The predicted octanol–water partition coefficient (Wildman–Crippen LogP) is 1.17. The largest absolute Gasteiger partial charge is 0.469 e. The SMILES string of the molecule is COC(=O)CCCON1C(=O)c2ccccc2C1=O. The van der Waals surface area contributed by atoms with Gasteiger partial charge in [-0.25, -0.2) is 0 Å². The smallest absolute Gasteiger partial charge is 0.305 e. The van der Waals surface area contributed by atoms with Crippen molar-refractivity contribution in [2.45, 2.75) is 12.8 Å². The van der Waals surface area contributed by atoms with E-state index in [0.29, 0.717) is 17.5 Å². The van der Waals surface area contributed by atoms with Gasteiger partial charge in [0.1, 0.15) is 0 Å². The fourth-order valence-corrected chi connectivity index (χ4v) is 1.76. The van der Waals surface area contributed by atoms with Crippen LogP contribution in [0, 0.1) is 0 Å². The first kappa shape index (κ1) is 13.2. The molecule has 0 saturated carbocycles. The minimum absolute atomic E-state index is 0.0978. The van der Waals surface area contributed by atoms with E-state index < -0.39 is 11.8 Å². The molecule has 0 saturated heterocycles. The van der Waals surface area contributed by atoms with Crippen LogP contribution >= 0.6 is 0 Å². The van der Waals surface area contributed by atoms with E-state index in [1.54, 1.807) is 24.3 Å². The molecule has 0 aromatic heterocycles. The summed E-state index contributed by atoms with van der Waals surface area (Å²) >= 11 is 0. The fourth-order valence-electron chi connectivity index (χ4n) is 1.76. The molecule has 1 heterocycles. The third-order valence-corrected chi connectivity index (χ3v) is 2.73. The van der Waals surface area contributed by atoms with Crippen LogP contribution in [0.15, 0.2) is 24.3 Å². The number of carbonyl (C=O) groups is 3. The van der Waals surface area contributed by atoms with Crippen LogP contribution in [0.5, 0.6) is 0 Å². The first-order chi connectivity index (χ1) is 9.15. The maximum Gasteiger partial charge on any atom is 0.305 e. The minimum atomic E-state index is -0.473. The second kappa shape index (κ2) is 5.62. The topological polar surface area (TPSA) is 72.9 Å². The molecule has 2 rings (SSSR count). The predicted molar refractivity (Wildman–Crippen MR) is 64.1 cm³/mol. The van der Waals surface area contributed by atoms with Gasteiger partial charge in [-0.15, -0.1) is 5.06 Å². The Balaban J connectivity index is 1.92. The third-order valence-electron chi connectivity index (χ3n) is 2.73. The molecule has 0 N–H and O–H groups in total. The molecule has 1 aliphatic heterocycles. The number of carbonyl (C=O) groups excluding carboxylic acids is 3. The summed E-state index contributed by atoms with van der Waals surface area (Å²) in [5, 5.41) is 0.738. The fraction of sp³-hybridized carbons (Fsp3) is 0.308. The highest BCUT2D eigenvalue weighted by molar-refractivity contribution is 6.20. The first-order valence-electron chi connectivity index (χ1n) is 5.82. The lowest BCUT2D eigenvalue weighted by atomic mass is 10.1. The van der Waals surface area contributed by atoms with Gasteiger partial charge in [-0.1, -0.05) is 12.1 Å². The van der Waals surface area contributed by atoms with Gasteiger partial charge in [0.2, 0.25) is 0 Å². The molecule has 100 valence electrons. The van der Waals surface area contributed by atoms with Crippen LogP contribution in [0.3, 0.4) is 0 Å². The molecule has 0 fully saturated rings. The summed E-state index contributed by atoms with van der Waals surface area (Å²) < 4.78 is 4.47. The molecule has 0 spiro atoms. The van der Waals surface area contributed by atoms with Gasteiger partial charge in [0.05, 0.1) is 24.8 Å². The summed E-state index contributed by atoms with van der Waals surface area (Å²) in [6.45, 7) is 0.0978. The molecule has 1 aliphatic rings. The van der Waals surface area contributed by atoms with E-state index in [1.165, 1.54) is 7.11 Å². The number of nitrogens with zero attached hydrogens (tertiary/aromatic N) is 1. The monoisotopic (exact) mass is 263 g/mol. The summed E-state index contributed by atoms with van der Waals surface area (Å²) in [6, 6.07) is 6.52. The molecule has 2 amide bonds. The van der Waals surface area contributed by atoms with Crippen molar-refractivity contribution in [3.8, 4) is 0 Å². The van der Waals surface area contributed by atoms with Gasteiger partial charge in [0, 0.05) is 6.42 Å². The maximum atomic E-state index is 11.9. The average molecular weight is 263 g/mol. The summed E-state index contributed by atoms with van der Waals surface area (Å²) in [7, 11) is 1.30. The lowest BCUT2D eigenvalue weighted by Gasteiger charge is -2.12. The summed E-state index contributed by atoms with van der Waals surface area (Å²) in [6.07, 6.45) is 0.555. The summed E-state index contributed by atoms with van der Waals surface area (Å²) in [5.74, 6) is -1.30. The Morgan fingerprint density at radius 2 is 1.74 bits per heavy atom. The quantitative estimate of drug-likeness (QED) is 0.453. The third kappa shape index (κ3) is 2.63. The normalized spacial score (nSPS) is 13.6. The van der Waals surface area contributed by atoms with Crippen LogP contribution in [-0.2, 0) is 14.4 Å². The van der Waals surface area contributed by atoms with E-state index >= 15 is 0 Å². The Kier molecular flexibility index (Phi) is 3.91. The number of hydrogen-bond donors (Lipinski definition) is 0. The second-order valence-corrected chi connectivity index (χ2v) is 3.96. The van der Waals surface area contributed by atoms with E-state index in [0.717, 1.165) is 5.06 Å². The lowest BCUT2D eigenvalue weighted by molar-refractivity contribution is -0.141. The van der Waals surface area contributed by atoms with Gasteiger partial charge in [-0.05, 0) is 18.6 Å². The van der Waals surface area contributed by atoms with Crippen molar-refractivity contribution in [1.29, 1.82) is 0 Å². The molecule has 1 aromatic rings. The molecular formula is C13H13NO5. The Bertz CT molecular complexity index is 491. The summed E-state index contributed by atoms with van der Waals surface area (Å²) in [4.78, 5) is 39.8. The number of amides is 2. The molecule has 6 nitrogen and oxygen atoms in total. The highest BCUT2D eigenvalue weighted by Crippen LogP contribution is 2.22. The molecule has 0 bridgehead atoms. The molecule has 1 aromatic carbocycles. The highest BCUT2D eigenvalue weighted by atomic mass is 16.7. The number of esters is 1. The van der Waals surface area contributed by atoms with Crippen LogP contribution in [0.4, 0.5) is 0 Å². The minimum Gasteiger partial charge on any atom is -0.469 e. The van der Waals surface area contributed by atoms with Crippen LogP contribution in [0.25, 0.3) is 0 Å². The van der Waals surface area contributed by atoms with E-state index in [4.69, 9.17) is 4.84 Å². The number of ether oxygens (including phenoxy) is 1. The van der Waals surface area contributed by atoms with Crippen molar-refractivity contribution in [3.05, 3.63) is 35.4 Å². The average Bonchev–Trinajstić information content (AvgIpc) is 2.68. The zero-order valence-corrected chi connectivity index (χ0v) is 10.4. The van der Waals surface area contributed by atoms with Gasteiger partial charge < -0.3 is 4.74 Å². The number of fused-ring (bicyclic) bond motifs is 1. The van der Waals surface area contributed by atoms with Crippen LogP contribution in [0.1, 0.15) is 33.6 Å². The molecule has 0 aliphatic carbocycles. The van der Waals surface area contributed by atoms with Crippen molar-refractivity contribution < 1.29 is 24.0 Å². The van der Waals surface area contributed by atoms with E-state index in [2.05, 4.69) is 4.74 Å².